The fourth-order valence-corrected chi connectivity index (χ4v) is 3.22. The Kier molecular flexibility index (Phi) is 14.8. The zero-order valence-electron chi connectivity index (χ0n) is 19.7. The highest BCUT2D eigenvalue weighted by Gasteiger charge is 1.96. The van der Waals surface area contributed by atoms with Crippen molar-refractivity contribution in [3.63, 3.8) is 0 Å². The Hall–Kier alpha value is -3.13. The van der Waals surface area contributed by atoms with Gasteiger partial charge in [-0.2, -0.15) is 0 Å². The Morgan fingerprint density at radius 2 is 1.62 bits per heavy atom. The minimum absolute atomic E-state index is 0.230. The van der Waals surface area contributed by atoms with E-state index in [0.717, 1.165) is 22.6 Å². The third-order valence-electron chi connectivity index (χ3n) is 4.25. The van der Waals surface area contributed by atoms with E-state index in [0.29, 0.717) is 12.2 Å². The summed E-state index contributed by atoms with van der Waals surface area (Å²) >= 11 is 3.26. The van der Waals surface area contributed by atoms with Crippen LogP contribution in [0.15, 0.2) is 89.2 Å². The predicted molar refractivity (Wildman–Crippen MR) is 148 cm³/mol. The topological polar surface area (TPSA) is 98.6 Å². The molecule has 7 heteroatoms. The van der Waals surface area contributed by atoms with Gasteiger partial charge in [-0.25, -0.2) is 0 Å². The minimum Gasteiger partial charge on any atom is -0.508 e. The smallest absolute Gasteiger partial charge is 0.142 e. The van der Waals surface area contributed by atoms with Gasteiger partial charge in [0.05, 0.1) is 7.11 Å². The molecular formula is C27H32N2O3S2. The van der Waals surface area contributed by atoms with E-state index in [1.807, 2.05) is 29.7 Å². The van der Waals surface area contributed by atoms with Crippen LogP contribution >= 0.6 is 23.5 Å². The van der Waals surface area contributed by atoms with Gasteiger partial charge in [-0.05, 0) is 84.3 Å². The summed E-state index contributed by atoms with van der Waals surface area (Å²) in [5.41, 5.74) is 15.1. The van der Waals surface area contributed by atoms with Crippen LogP contribution in [0, 0.1) is 6.92 Å². The zero-order chi connectivity index (χ0) is 25.2. The van der Waals surface area contributed by atoms with Gasteiger partial charge in [-0.15, -0.1) is 23.5 Å². The third kappa shape index (κ3) is 12.2. The standard InChI is InChI=1S/C10H14N2OS.C9H8O2.C8H10S/c1-13-9-4-2-8(3-5-9)10(12)6-14-7-11;10-7-1-2-8-3-5-9(11)6-4-8;1-7-3-5-8(9-2)6-4-7/h2-6H,7,11-12H2,1H3;1-7,11H;3-6H,1-2H3/b10-6-;2-1+;. The number of aromatic hydroxyl groups is 1. The molecular weight excluding hydrogens is 464 g/mol. The Bertz CT molecular complexity index is 1020. The Balaban J connectivity index is 0.000000262. The molecule has 5 nitrogen and oxygen atoms in total. The second-order valence-electron chi connectivity index (χ2n) is 6.74. The molecule has 0 radical (unpaired) electrons. The monoisotopic (exact) mass is 496 g/mol. The molecule has 3 aromatic carbocycles. The first-order valence-corrected chi connectivity index (χ1v) is 12.6. The summed E-state index contributed by atoms with van der Waals surface area (Å²) in [5, 5.41) is 10.7. The number of benzene rings is 3. The van der Waals surface area contributed by atoms with Crippen molar-refractivity contribution in [1.82, 2.24) is 0 Å². The zero-order valence-corrected chi connectivity index (χ0v) is 21.3. The lowest BCUT2D eigenvalue weighted by atomic mass is 10.2. The van der Waals surface area contributed by atoms with Gasteiger partial charge in [0.25, 0.3) is 0 Å². The van der Waals surface area contributed by atoms with Gasteiger partial charge in [0.15, 0.2) is 0 Å². The van der Waals surface area contributed by atoms with Gasteiger partial charge in [0, 0.05) is 16.5 Å². The van der Waals surface area contributed by atoms with Crippen molar-refractivity contribution in [2.24, 2.45) is 11.5 Å². The number of phenols is 1. The third-order valence-corrected chi connectivity index (χ3v) is 5.60. The quantitative estimate of drug-likeness (QED) is 0.162. The highest BCUT2D eigenvalue weighted by Crippen LogP contribution is 2.17. The van der Waals surface area contributed by atoms with Crippen molar-refractivity contribution in [3.05, 3.63) is 101 Å². The van der Waals surface area contributed by atoms with Crippen LogP contribution in [0.4, 0.5) is 0 Å². The van der Waals surface area contributed by atoms with Crippen molar-refractivity contribution in [3.8, 4) is 11.5 Å². The molecule has 0 amide bonds. The number of hydrogen-bond donors (Lipinski definition) is 3. The SMILES string of the molecule is COc1ccc(/C(N)=C/SCN)cc1.CSc1ccc(C)cc1.O=C/C=C/c1ccc(O)cc1. The number of hydrogen-bond acceptors (Lipinski definition) is 7. The first-order valence-electron chi connectivity index (χ1n) is 10.4. The van der Waals surface area contributed by atoms with E-state index < -0.39 is 0 Å². The molecule has 0 heterocycles. The van der Waals surface area contributed by atoms with E-state index in [1.165, 1.54) is 28.3 Å². The number of carbonyl (C=O) groups excluding carboxylic acids is 1. The lowest BCUT2D eigenvalue weighted by Gasteiger charge is -2.03. The molecule has 0 unspecified atom stereocenters. The Labute approximate surface area is 210 Å². The van der Waals surface area contributed by atoms with Crippen molar-refractivity contribution in [2.75, 3.05) is 19.2 Å². The second kappa shape index (κ2) is 17.4. The van der Waals surface area contributed by atoms with Gasteiger partial charge in [-0.3, -0.25) is 4.79 Å². The molecule has 0 fully saturated rings. The van der Waals surface area contributed by atoms with Crippen LogP contribution in [-0.2, 0) is 4.79 Å². The van der Waals surface area contributed by atoms with Crippen molar-refractivity contribution in [2.45, 2.75) is 11.8 Å². The Morgan fingerprint density at radius 1 is 1.00 bits per heavy atom. The second-order valence-corrected chi connectivity index (χ2v) is 8.52. The molecule has 0 saturated heterocycles. The van der Waals surface area contributed by atoms with E-state index in [9.17, 15) is 4.79 Å². The molecule has 180 valence electrons. The average Bonchev–Trinajstić information content (AvgIpc) is 2.88. The van der Waals surface area contributed by atoms with Gasteiger partial charge in [0.1, 0.15) is 17.8 Å². The summed E-state index contributed by atoms with van der Waals surface area (Å²) in [6, 6.07) is 22.7. The number of rotatable bonds is 7. The van der Waals surface area contributed by atoms with Gasteiger partial charge >= 0.3 is 0 Å². The lowest BCUT2D eigenvalue weighted by molar-refractivity contribution is -0.104. The summed E-state index contributed by atoms with van der Waals surface area (Å²) in [6.45, 7) is 2.10. The van der Waals surface area contributed by atoms with Crippen LogP contribution in [0.25, 0.3) is 11.8 Å². The number of allylic oxidation sites excluding steroid dienone is 1. The molecule has 3 aromatic rings. The molecule has 0 aliphatic carbocycles. The predicted octanol–water partition coefficient (Wildman–Crippen LogP) is 5.92. The molecule has 0 aromatic heterocycles. The molecule has 34 heavy (non-hydrogen) atoms. The number of aryl methyl sites for hydroxylation is 1. The van der Waals surface area contributed by atoms with Crippen LogP contribution in [0.3, 0.4) is 0 Å². The van der Waals surface area contributed by atoms with Gasteiger partial charge < -0.3 is 21.3 Å². The molecule has 0 saturated carbocycles. The molecule has 0 spiro atoms. The van der Waals surface area contributed by atoms with Crippen LogP contribution in [0.5, 0.6) is 11.5 Å². The summed E-state index contributed by atoms with van der Waals surface area (Å²) in [6.07, 6.45) is 5.89. The molecule has 0 bridgehead atoms. The Morgan fingerprint density at radius 3 is 2.12 bits per heavy atom. The van der Waals surface area contributed by atoms with Crippen LogP contribution in [0.2, 0.25) is 0 Å². The van der Waals surface area contributed by atoms with Gasteiger partial charge in [0.2, 0.25) is 0 Å². The van der Waals surface area contributed by atoms with Crippen molar-refractivity contribution < 1.29 is 14.6 Å². The molecule has 5 N–H and O–H groups in total. The fourth-order valence-electron chi connectivity index (χ4n) is 2.40. The normalized spacial score (nSPS) is 10.5. The summed E-state index contributed by atoms with van der Waals surface area (Å²) < 4.78 is 5.04. The molecule has 3 rings (SSSR count). The van der Waals surface area contributed by atoms with E-state index in [1.54, 1.807) is 49.2 Å². The highest BCUT2D eigenvalue weighted by atomic mass is 32.2. The number of carbonyl (C=O) groups is 1. The largest absolute Gasteiger partial charge is 0.508 e. The maximum atomic E-state index is 9.91. The highest BCUT2D eigenvalue weighted by molar-refractivity contribution is 8.02. The maximum Gasteiger partial charge on any atom is 0.142 e. The first kappa shape index (κ1) is 28.9. The van der Waals surface area contributed by atoms with Crippen molar-refractivity contribution >= 4 is 41.6 Å². The van der Waals surface area contributed by atoms with E-state index in [-0.39, 0.29) is 5.75 Å². The molecule has 0 atom stereocenters. The average molecular weight is 497 g/mol. The summed E-state index contributed by atoms with van der Waals surface area (Å²) in [7, 11) is 1.64. The summed E-state index contributed by atoms with van der Waals surface area (Å²) in [4.78, 5) is 11.2. The first-order chi connectivity index (χ1) is 16.4. The molecule has 0 aliphatic heterocycles. The van der Waals surface area contributed by atoms with Crippen LogP contribution in [-0.4, -0.2) is 30.6 Å². The minimum atomic E-state index is 0.230. The molecule has 0 aliphatic rings. The van der Waals surface area contributed by atoms with E-state index >= 15 is 0 Å². The number of ether oxygens (including phenoxy) is 1. The van der Waals surface area contributed by atoms with E-state index in [2.05, 4.69) is 37.4 Å². The fraction of sp³-hybridized carbons (Fsp3) is 0.148. The number of thioether (sulfide) groups is 2. The summed E-state index contributed by atoms with van der Waals surface area (Å²) in [5.74, 6) is 1.60. The van der Waals surface area contributed by atoms with E-state index in [4.69, 9.17) is 21.3 Å². The van der Waals surface area contributed by atoms with Crippen LogP contribution in [0.1, 0.15) is 16.7 Å². The number of methoxy groups -OCH3 is 1. The van der Waals surface area contributed by atoms with Crippen LogP contribution < -0.4 is 16.2 Å². The maximum absolute atomic E-state index is 9.91. The number of nitrogens with two attached hydrogens (primary N) is 2. The lowest BCUT2D eigenvalue weighted by Crippen LogP contribution is -1.97. The number of aldehydes is 1. The van der Waals surface area contributed by atoms with Gasteiger partial charge in [-0.1, -0.05) is 35.9 Å². The number of phenolic OH excluding ortho intramolecular Hbond substituents is 1. The van der Waals surface area contributed by atoms with Crippen molar-refractivity contribution in [1.29, 1.82) is 0 Å².